The van der Waals surface area contributed by atoms with Crippen LogP contribution in [-0.4, -0.2) is 26.0 Å². The highest BCUT2D eigenvalue weighted by molar-refractivity contribution is 5.48. The van der Waals surface area contributed by atoms with Gasteiger partial charge in [-0.15, -0.1) is 0 Å². The minimum Gasteiger partial charge on any atom is -0.506 e. The second kappa shape index (κ2) is 5.11. The molecule has 2 unspecified atom stereocenters. The van der Waals surface area contributed by atoms with Crippen molar-refractivity contribution in [1.29, 1.82) is 5.26 Å². The average Bonchev–Trinajstić information content (AvgIpc) is 2.51. The summed E-state index contributed by atoms with van der Waals surface area (Å²) in [7, 11) is 0. The lowest BCUT2D eigenvalue weighted by Crippen LogP contribution is -2.60. The molecule has 0 bridgehead atoms. The van der Waals surface area contributed by atoms with Gasteiger partial charge in [-0.2, -0.15) is 5.26 Å². The van der Waals surface area contributed by atoms with E-state index in [1.807, 2.05) is 6.07 Å². The number of rotatable bonds is 1. The van der Waals surface area contributed by atoms with Gasteiger partial charge in [-0.1, -0.05) is 0 Å². The number of hydrogen-bond acceptors (Lipinski definition) is 5. The van der Waals surface area contributed by atoms with Crippen molar-refractivity contribution in [3.05, 3.63) is 58.0 Å². The van der Waals surface area contributed by atoms with Crippen LogP contribution in [0.1, 0.15) is 37.9 Å². The van der Waals surface area contributed by atoms with Crippen LogP contribution in [0.15, 0.2) is 41.3 Å². The fraction of sp³-hybridized carbons (Fsp3) is 0.333. The van der Waals surface area contributed by atoms with E-state index in [4.69, 9.17) is 10.00 Å². The molecule has 3 rings (SSSR count). The molecule has 6 heteroatoms. The van der Waals surface area contributed by atoms with Gasteiger partial charge < -0.3 is 19.5 Å². The maximum atomic E-state index is 12.4. The average molecular weight is 326 g/mol. The van der Waals surface area contributed by atoms with Crippen LogP contribution in [0.2, 0.25) is 0 Å². The molecule has 1 aromatic heterocycles. The van der Waals surface area contributed by atoms with E-state index >= 15 is 0 Å². The molecule has 2 atom stereocenters. The number of hydrogen-bond donors (Lipinski definition) is 2. The first-order valence-corrected chi connectivity index (χ1v) is 7.54. The summed E-state index contributed by atoms with van der Waals surface area (Å²) >= 11 is 0. The van der Waals surface area contributed by atoms with Gasteiger partial charge in [-0.3, -0.25) is 4.79 Å². The smallest absolute Gasteiger partial charge is 0.251 e. The first-order chi connectivity index (χ1) is 11.2. The Bertz CT molecular complexity index is 906. The minimum absolute atomic E-state index is 0.0901. The molecule has 124 valence electrons. The molecule has 1 aliphatic rings. The van der Waals surface area contributed by atoms with Gasteiger partial charge in [-0.25, -0.2) is 0 Å². The van der Waals surface area contributed by atoms with Crippen molar-refractivity contribution in [2.75, 3.05) is 0 Å². The van der Waals surface area contributed by atoms with Crippen molar-refractivity contribution in [3.63, 3.8) is 0 Å². The number of aromatic nitrogens is 1. The summed E-state index contributed by atoms with van der Waals surface area (Å²) in [5, 5.41) is 30.1. The third kappa shape index (κ3) is 2.25. The molecule has 24 heavy (non-hydrogen) atoms. The zero-order valence-electron chi connectivity index (χ0n) is 13.6. The number of aromatic hydroxyl groups is 1. The normalized spacial score (nSPS) is 24.5. The van der Waals surface area contributed by atoms with Gasteiger partial charge in [-0.05, 0) is 45.0 Å². The van der Waals surface area contributed by atoms with Gasteiger partial charge in [0, 0.05) is 17.8 Å². The van der Waals surface area contributed by atoms with Crippen LogP contribution in [0.4, 0.5) is 0 Å². The predicted octanol–water partition coefficient (Wildman–Crippen LogP) is 1.94. The number of fused-ring (bicyclic) bond motifs is 1. The lowest BCUT2D eigenvalue weighted by molar-refractivity contribution is -0.139. The van der Waals surface area contributed by atoms with Crippen LogP contribution >= 0.6 is 0 Å². The van der Waals surface area contributed by atoms with E-state index in [0.717, 1.165) is 0 Å². The number of nitrogens with zero attached hydrogens (tertiary/aromatic N) is 2. The molecule has 0 radical (unpaired) electrons. The molecule has 1 aliphatic heterocycles. The molecule has 0 aliphatic carbocycles. The Morgan fingerprint density at radius 3 is 2.62 bits per heavy atom. The van der Waals surface area contributed by atoms with Gasteiger partial charge in [0.15, 0.2) is 0 Å². The Morgan fingerprint density at radius 2 is 1.96 bits per heavy atom. The summed E-state index contributed by atoms with van der Waals surface area (Å²) in [5.74, 6) is 0.401. The topological polar surface area (TPSA) is 95.5 Å². The summed E-state index contributed by atoms with van der Waals surface area (Å²) in [5.41, 5.74) is -1.92. The zero-order chi connectivity index (χ0) is 17.7. The zero-order valence-corrected chi connectivity index (χ0v) is 13.6. The van der Waals surface area contributed by atoms with Crippen molar-refractivity contribution in [2.24, 2.45) is 0 Å². The summed E-state index contributed by atoms with van der Waals surface area (Å²) in [4.78, 5) is 12.4. The maximum Gasteiger partial charge on any atom is 0.251 e. The molecule has 2 aromatic rings. The van der Waals surface area contributed by atoms with Crippen LogP contribution in [-0.2, 0) is 0 Å². The Kier molecular flexibility index (Phi) is 3.43. The number of aliphatic hydroxyl groups is 1. The number of benzene rings is 1. The van der Waals surface area contributed by atoms with Gasteiger partial charge in [0.2, 0.25) is 0 Å². The Morgan fingerprint density at radius 1 is 1.25 bits per heavy atom. The van der Waals surface area contributed by atoms with E-state index in [0.29, 0.717) is 16.9 Å². The molecule has 0 saturated heterocycles. The first kappa shape index (κ1) is 16.1. The van der Waals surface area contributed by atoms with Crippen molar-refractivity contribution in [2.45, 2.75) is 38.0 Å². The van der Waals surface area contributed by atoms with Crippen LogP contribution in [0.5, 0.6) is 11.5 Å². The lowest BCUT2D eigenvalue weighted by atomic mass is 9.75. The van der Waals surface area contributed by atoms with Gasteiger partial charge >= 0.3 is 0 Å². The van der Waals surface area contributed by atoms with Crippen molar-refractivity contribution >= 4 is 0 Å². The summed E-state index contributed by atoms with van der Waals surface area (Å²) < 4.78 is 7.20. The van der Waals surface area contributed by atoms with E-state index in [1.54, 1.807) is 39.0 Å². The molecule has 0 amide bonds. The molecule has 0 saturated carbocycles. The maximum absolute atomic E-state index is 12.4. The molecule has 6 nitrogen and oxygen atoms in total. The Hall–Kier alpha value is -2.78. The first-order valence-electron chi connectivity index (χ1n) is 7.54. The van der Waals surface area contributed by atoms with Crippen LogP contribution in [0.25, 0.3) is 0 Å². The van der Waals surface area contributed by atoms with Gasteiger partial charge in [0.1, 0.15) is 22.7 Å². The fourth-order valence-electron chi connectivity index (χ4n) is 3.05. The van der Waals surface area contributed by atoms with Gasteiger partial charge in [0.05, 0.1) is 17.7 Å². The Balaban J connectivity index is 2.35. The molecule has 2 heterocycles. The third-order valence-corrected chi connectivity index (χ3v) is 4.75. The van der Waals surface area contributed by atoms with Crippen molar-refractivity contribution in [3.8, 4) is 17.6 Å². The summed E-state index contributed by atoms with van der Waals surface area (Å²) in [6, 6.07) is 8.65. The minimum atomic E-state index is -1.47. The second-order valence-electron chi connectivity index (χ2n) is 6.66. The van der Waals surface area contributed by atoms with E-state index in [-0.39, 0.29) is 11.3 Å². The van der Waals surface area contributed by atoms with Crippen LogP contribution < -0.4 is 10.3 Å². The predicted molar refractivity (Wildman–Crippen MR) is 87.0 cm³/mol. The third-order valence-electron chi connectivity index (χ3n) is 4.75. The largest absolute Gasteiger partial charge is 0.506 e. The standard InChI is InChI=1S/C18H18N2O4/c1-17(2)18(3,23)16(20-10-12(21)5-7-15(20)22)13-8-11(9-19)4-6-14(13)24-17/h4-8,10,16,21,23H,1-3H3. The quantitative estimate of drug-likeness (QED) is 0.835. The van der Waals surface area contributed by atoms with Gasteiger partial charge in [0.25, 0.3) is 5.56 Å². The summed E-state index contributed by atoms with van der Waals surface area (Å²) in [6.07, 6.45) is 1.28. The van der Waals surface area contributed by atoms with E-state index < -0.39 is 17.2 Å². The summed E-state index contributed by atoms with van der Waals surface area (Å²) in [6.45, 7) is 5.04. The second-order valence-corrected chi connectivity index (χ2v) is 6.66. The monoisotopic (exact) mass is 326 g/mol. The SMILES string of the molecule is CC1(C)Oc2ccc(C#N)cc2C(n2cc(O)ccc2=O)C1(C)O. The fourth-order valence-corrected chi connectivity index (χ4v) is 3.05. The highest BCUT2D eigenvalue weighted by atomic mass is 16.5. The molecular formula is C18H18N2O4. The van der Waals surface area contributed by atoms with E-state index in [1.165, 1.54) is 22.9 Å². The van der Waals surface area contributed by atoms with E-state index in [2.05, 4.69) is 0 Å². The molecule has 0 fully saturated rings. The Labute approximate surface area is 139 Å². The highest BCUT2D eigenvalue weighted by Crippen LogP contribution is 2.48. The van der Waals surface area contributed by atoms with Crippen LogP contribution in [0.3, 0.4) is 0 Å². The number of pyridine rings is 1. The number of ether oxygens (including phenoxy) is 1. The highest BCUT2D eigenvalue weighted by Gasteiger charge is 2.53. The molecule has 1 aromatic carbocycles. The van der Waals surface area contributed by atoms with Crippen molar-refractivity contribution in [1.82, 2.24) is 4.57 Å². The molecule has 2 N–H and O–H groups in total. The van der Waals surface area contributed by atoms with Crippen molar-refractivity contribution < 1.29 is 14.9 Å². The lowest BCUT2D eigenvalue weighted by Gasteiger charge is -2.49. The molecular weight excluding hydrogens is 308 g/mol. The van der Waals surface area contributed by atoms with E-state index in [9.17, 15) is 15.0 Å². The molecule has 0 spiro atoms. The van der Waals surface area contributed by atoms with Crippen LogP contribution in [0, 0.1) is 11.3 Å². The number of nitriles is 1.